The molecule has 1 aliphatic carbocycles. The van der Waals surface area contributed by atoms with Gasteiger partial charge in [-0.1, -0.05) is 0 Å². The molecule has 5 nitrogen and oxygen atoms in total. The molecular weight excluding hydrogens is 238 g/mol. The summed E-state index contributed by atoms with van der Waals surface area (Å²) in [6.07, 6.45) is 4.19. The number of nitrogens with zero attached hydrogens (tertiary/aromatic N) is 4. The highest BCUT2D eigenvalue weighted by atomic mass is 35.5. The first-order valence-electron chi connectivity index (χ1n) is 5.82. The summed E-state index contributed by atoms with van der Waals surface area (Å²) in [6, 6.07) is 0.791. The average molecular weight is 252 g/mol. The number of hydrogen-bond donors (Lipinski definition) is 1. The fourth-order valence-corrected chi connectivity index (χ4v) is 1.97. The number of fused-ring (bicyclic) bond motifs is 1. The lowest BCUT2D eigenvalue weighted by Crippen LogP contribution is -2.07. The Balaban J connectivity index is 2.14. The summed E-state index contributed by atoms with van der Waals surface area (Å²) in [6.45, 7) is 4.13. The van der Waals surface area contributed by atoms with Crippen molar-refractivity contribution in [2.75, 3.05) is 5.32 Å². The van der Waals surface area contributed by atoms with Gasteiger partial charge in [-0.05, 0) is 38.3 Å². The van der Waals surface area contributed by atoms with Gasteiger partial charge in [0.25, 0.3) is 0 Å². The first-order valence-corrected chi connectivity index (χ1v) is 6.20. The van der Waals surface area contributed by atoms with E-state index in [0.717, 1.165) is 16.9 Å². The topological polar surface area (TPSA) is 55.6 Å². The highest BCUT2D eigenvalue weighted by Crippen LogP contribution is 2.29. The van der Waals surface area contributed by atoms with Crippen LogP contribution in [0, 0.1) is 0 Å². The molecule has 1 saturated carbocycles. The molecule has 0 radical (unpaired) electrons. The summed E-state index contributed by atoms with van der Waals surface area (Å²) in [7, 11) is 0. The van der Waals surface area contributed by atoms with E-state index in [0.29, 0.717) is 6.04 Å². The lowest BCUT2D eigenvalue weighted by molar-refractivity contribution is 0.546. The predicted molar refractivity (Wildman–Crippen MR) is 67.4 cm³/mol. The molecule has 2 aromatic heterocycles. The van der Waals surface area contributed by atoms with E-state index in [9.17, 15) is 0 Å². The standard InChI is InChI=1S/C11H14ClN5/c1-6(2)17-10-8(5-13-17)9(14-7-3-4-7)15-11(12)16-10/h5-7H,3-4H2,1-2H3,(H,14,15,16). The molecule has 0 atom stereocenters. The van der Waals surface area contributed by atoms with Gasteiger partial charge in [-0.2, -0.15) is 15.1 Å². The van der Waals surface area contributed by atoms with Crippen LogP contribution in [0.4, 0.5) is 5.82 Å². The molecule has 1 aliphatic rings. The molecule has 0 bridgehead atoms. The maximum Gasteiger partial charge on any atom is 0.226 e. The Bertz CT molecular complexity index is 558. The van der Waals surface area contributed by atoms with Crippen molar-refractivity contribution < 1.29 is 0 Å². The van der Waals surface area contributed by atoms with Gasteiger partial charge in [0.2, 0.25) is 5.28 Å². The third-order valence-electron chi connectivity index (χ3n) is 2.83. The van der Waals surface area contributed by atoms with Crippen LogP contribution in [-0.4, -0.2) is 25.8 Å². The Morgan fingerprint density at radius 1 is 1.41 bits per heavy atom. The van der Waals surface area contributed by atoms with E-state index in [1.807, 2.05) is 4.68 Å². The molecule has 0 amide bonds. The molecule has 0 aliphatic heterocycles. The molecule has 2 heterocycles. The fourth-order valence-electron chi connectivity index (χ4n) is 1.81. The van der Waals surface area contributed by atoms with Crippen LogP contribution in [-0.2, 0) is 0 Å². The third kappa shape index (κ3) is 1.95. The molecule has 90 valence electrons. The van der Waals surface area contributed by atoms with Gasteiger partial charge in [0, 0.05) is 12.1 Å². The van der Waals surface area contributed by atoms with Crippen molar-refractivity contribution in [3.05, 3.63) is 11.5 Å². The molecule has 17 heavy (non-hydrogen) atoms. The van der Waals surface area contributed by atoms with Gasteiger partial charge < -0.3 is 5.32 Å². The first-order chi connectivity index (χ1) is 8.15. The maximum atomic E-state index is 5.96. The van der Waals surface area contributed by atoms with E-state index in [-0.39, 0.29) is 11.3 Å². The molecule has 3 rings (SSSR count). The van der Waals surface area contributed by atoms with Crippen molar-refractivity contribution in [2.45, 2.75) is 38.8 Å². The number of aromatic nitrogens is 4. The summed E-state index contributed by atoms with van der Waals surface area (Å²) in [5.41, 5.74) is 0.795. The lowest BCUT2D eigenvalue weighted by Gasteiger charge is -2.08. The molecule has 6 heteroatoms. The van der Waals surface area contributed by atoms with Crippen LogP contribution in [0.3, 0.4) is 0 Å². The fraction of sp³-hybridized carbons (Fsp3) is 0.545. The quantitative estimate of drug-likeness (QED) is 0.852. The van der Waals surface area contributed by atoms with E-state index in [2.05, 4.69) is 34.2 Å². The van der Waals surface area contributed by atoms with E-state index in [1.54, 1.807) is 6.20 Å². The Morgan fingerprint density at radius 3 is 2.82 bits per heavy atom. The minimum Gasteiger partial charge on any atom is -0.367 e. The first kappa shape index (κ1) is 10.8. The minimum atomic E-state index is 0.257. The number of halogens is 1. The van der Waals surface area contributed by atoms with E-state index in [4.69, 9.17) is 11.6 Å². The molecule has 1 fully saturated rings. The Labute approximate surface area is 104 Å². The van der Waals surface area contributed by atoms with E-state index < -0.39 is 0 Å². The maximum absolute atomic E-state index is 5.96. The van der Waals surface area contributed by atoms with Crippen molar-refractivity contribution >= 4 is 28.5 Å². The summed E-state index contributed by atoms with van der Waals surface area (Å²) >= 11 is 5.96. The zero-order valence-corrected chi connectivity index (χ0v) is 10.6. The van der Waals surface area contributed by atoms with Crippen molar-refractivity contribution in [1.29, 1.82) is 0 Å². The van der Waals surface area contributed by atoms with Crippen molar-refractivity contribution in [3.8, 4) is 0 Å². The van der Waals surface area contributed by atoms with Crippen molar-refractivity contribution in [2.24, 2.45) is 0 Å². The molecule has 0 spiro atoms. The van der Waals surface area contributed by atoms with E-state index in [1.165, 1.54) is 12.8 Å². The van der Waals surface area contributed by atoms with Gasteiger partial charge in [0.1, 0.15) is 5.82 Å². The lowest BCUT2D eigenvalue weighted by atomic mass is 10.3. The second kappa shape index (κ2) is 3.84. The smallest absolute Gasteiger partial charge is 0.226 e. The molecular formula is C11H14ClN5. The Morgan fingerprint density at radius 2 is 2.18 bits per heavy atom. The van der Waals surface area contributed by atoms with Crippen LogP contribution in [0.25, 0.3) is 11.0 Å². The second-order valence-electron chi connectivity index (χ2n) is 4.68. The summed E-state index contributed by atoms with van der Waals surface area (Å²) in [5, 5.41) is 8.91. The SMILES string of the molecule is CC(C)n1ncc2c(NC3CC3)nc(Cl)nc21. The number of nitrogens with one attached hydrogen (secondary N) is 1. The van der Waals surface area contributed by atoms with Crippen LogP contribution in [0.5, 0.6) is 0 Å². The normalized spacial score (nSPS) is 15.8. The van der Waals surface area contributed by atoms with Crippen LogP contribution in [0.2, 0.25) is 5.28 Å². The van der Waals surface area contributed by atoms with Gasteiger partial charge in [0.15, 0.2) is 5.65 Å². The van der Waals surface area contributed by atoms with Gasteiger partial charge in [-0.3, -0.25) is 0 Å². The zero-order valence-electron chi connectivity index (χ0n) is 9.81. The highest BCUT2D eigenvalue weighted by Gasteiger charge is 2.23. The third-order valence-corrected chi connectivity index (χ3v) is 3.00. The molecule has 0 aromatic carbocycles. The summed E-state index contributed by atoms with van der Waals surface area (Å²) in [4.78, 5) is 8.50. The van der Waals surface area contributed by atoms with Crippen LogP contribution >= 0.6 is 11.6 Å². The van der Waals surface area contributed by atoms with Gasteiger partial charge in [0.05, 0.1) is 11.6 Å². The second-order valence-corrected chi connectivity index (χ2v) is 5.02. The van der Waals surface area contributed by atoms with Gasteiger partial charge in [-0.25, -0.2) is 4.68 Å². The zero-order chi connectivity index (χ0) is 12.0. The molecule has 2 aromatic rings. The van der Waals surface area contributed by atoms with Gasteiger partial charge in [-0.15, -0.1) is 0 Å². The summed E-state index contributed by atoms with van der Waals surface area (Å²) < 4.78 is 1.86. The largest absolute Gasteiger partial charge is 0.367 e. The minimum absolute atomic E-state index is 0.257. The van der Waals surface area contributed by atoms with Crippen molar-refractivity contribution in [1.82, 2.24) is 19.7 Å². The average Bonchev–Trinajstić information content (AvgIpc) is 2.94. The predicted octanol–water partition coefficient (Wildman–Crippen LogP) is 2.63. The van der Waals surface area contributed by atoms with Crippen molar-refractivity contribution in [3.63, 3.8) is 0 Å². The van der Waals surface area contributed by atoms with E-state index >= 15 is 0 Å². The van der Waals surface area contributed by atoms with Crippen LogP contribution in [0.15, 0.2) is 6.20 Å². The monoisotopic (exact) mass is 251 g/mol. The number of rotatable bonds is 3. The summed E-state index contributed by atoms with van der Waals surface area (Å²) in [5.74, 6) is 0.800. The molecule has 0 saturated heterocycles. The molecule has 0 unspecified atom stereocenters. The number of anilines is 1. The number of hydrogen-bond acceptors (Lipinski definition) is 4. The van der Waals surface area contributed by atoms with Gasteiger partial charge >= 0.3 is 0 Å². The highest BCUT2D eigenvalue weighted by molar-refractivity contribution is 6.28. The Hall–Kier alpha value is -1.36. The van der Waals surface area contributed by atoms with Crippen LogP contribution in [0.1, 0.15) is 32.7 Å². The van der Waals surface area contributed by atoms with Crippen LogP contribution < -0.4 is 5.32 Å². The Kier molecular flexibility index (Phi) is 2.43. The molecule has 1 N–H and O–H groups in total.